The van der Waals surface area contributed by atoms with Crippen LogP contribution in [0.3, 0.4) is 0 Å². The standard InChI is InChI=1S/C16H25ClN2/c1-4-12(2)16-11-19(9-5-8-18-16)14-7-6-13(3)15(17)10-14/h6-7,10,12,16,18H,4-5,8-9,11H2,1-3H3. The maximum atomic E-state index is 6.26. The molecule has 0 aromatic heterocycles. The van der Waals surface area contributed by atoms with Gasteiger partial charge in [0.25, 0.3) is 0 Å². The second kappa shape index (κ2) is 6.62. The van der Waals surface area contributed by atoms with E-state index in [2.05, 4.69) is 49.2 Å². The molecule has 1 heterocycles. The monoisotopic (exact) mass is 280 g/mol. The van der Waals surface area contributed by atoms with Crippen LogP contribution in [-0.2, 0) is 0 Å². The van der Waals surface area contributed by atoms with Crippen molar-refractivity contribution in [3.8, 4) is 0 Å². The smallest absolute Gasteiger partial charge is 0.0455 e. The minimum atomic E-state index is 0.576. The molecule has 2 atom stereocenters. The molecule has 0 aliphatic carbocycles. The van der Waals surface area contributed by atoms with Crippen LogP contribution in [0, 0.1) is 12.8 Å². The molecule has 1 N–H and O–H groups in total. The second-order valence-electron chi connectivity index (χ2n) is 5.68. The van der Waals surface area contributed by atoms with Crippen molar-refractivity contribution >= 4 is 17.3 Å². The van der Waals surface area contributed by atoms with Gasteiger partial charge in [0.15, 0.2) is 0 Å². The van der Waals surface area contributed by atoms with Crippen LogP contribution in [0.15, 0.2) is 18.2 Å². The molecule has 2 unspecified atom stereocenters. The van der Waals surface area contributed by atoms with Gasteiger partial charge in [0, 0.05) is 29.8 Å². The molecular formula is C16H25ClN2. The first-order valence-electron chi connectivity index (χ1n) is 7.36. The fraction of sp³-hybridized carbons (Fsp3) is 0.625. The lowest BCUT2D eigenvalue weighted by Gasteiger charge is -2.29. The average Bonchev–Trinajstić information content (AvgIpc) is 2.67. The molecule has 1 aliphatic heterocycles. The van der Waals surface area contributed by atoms with Gasteiger partial charge < -0.3 is 10.2 Å². The van der Waals surface area contributed by atoms with E-state index in [4.69, 9.17) is 11.6 Å². The third kappa shape index (κ3) is 3.64. The van der Waals surface area contributed by atoms with Crippen molar-refractivity contribution in [2.24, 2.45) is 5.92 Å². The van der Waals surface area contributed by atoms with Crippen molar-refractivity contribution in [1.29, 1.82) is 0 Å². The van der Waals surface area contributed by atoms with E-state index in [9.17, 15) is 0 Å². The molecule has 1 aromatic rings. The fourth-order valence-corrected chi connectivity index (χ4v) is 2.80. The highest BCUT2D eigenvalue weighted by atomic mass is 35.5. The molecule has 1 fully saturated rings. The molecule has 0 spiro atoms. The first-order chi connectivity index (χ1) is 9.11. The van der Waals surface area contributed by atoms with Crippen LogP contribution < -0.4 is 10.2 Å². The van der Waals surface area contributed by atoms with E-state index in [1.165, 1.54) is 18.5 Å². The zero-order chi connectivity index (χ0) is 13.8. The number of hydrogen-bond donors (Lipinski definition) is 1. The molecule has 1 saturated heterocycles. The SMILES string of the molecule is CCC(C)C1CN(c2ccc(C)c(Cl)c2)CCCN1. The van der Waals surface area contributed by atoms with E-state index >= 15 is 0 Å². The Bertz CT molecular complexity index is 419. The Kier molecular flexibility index (Phi) is 5.12. The van der Waals surface area contributed by atoms with Gasteiger partial charge in [-0.05, 0) is 43.5 Å². The summed E-state index contributed by atoms with van der Waals surface area (Å²) < 4.78 is 0. The minimum Gasteiger partial charge on any atom is -0.370 e. The molecule has 0 radical (unpaired) electrons. The summed E-state index contributed by atoms with van der Waals surface area (Å²) in [6, 6.07) is 7.00. The Morgan fingerprint density at radius 1 is 1.47 bits per heavy atom. The summed E-state index contributed by atoms with van der Waals surface area (Å²) in [4.78, 5) is 2.47. The van der Waals surface area contributed by atoms with Crippen LogP contribution in [0.2, 0.25) is 5.02 Å². The molecule has 0 bridgehead atoms. The normalized spacial score (nSPS) is 22.1. The molecule has 106 valence electrons. The number of hydrogen-bond acceptors (Lipinski definition) is 2. The summed E-state index contributed by atoms with van der Waals surface area (Å²) in [6.07, 6.45) is 2.42. The van der Waals surface area contributed by atoms with E-state index in [0.29, 0.717) is 12.0 Å². The average molecular weight is 281 g/mol. The lowest BCUT2D eigenvalue weighted by molar-refractivity contribution is 0.384. The lowest BCUT2D eigenvalue weighted by Crippen LogP contribution is -2.42. The summed E-state index contributed by atoms with van der Waals surface area (Å²) >= 11 is 6.26. The van der Waals surface area contributed by atoms with E-state index in [1.54, 1.807) is 0 Å². The zero-order valence-corrected chi connectivity index (χ0v) is 13.0. The van der Waals surface area contributed by atoms with Gasteiger partial charge in [-0.25, -0.2) is 0 Å². The van der Waals surface area contributed by atoms with Crippen molar-refractivity contribution in [2.75, 3.05) is 24.5 Å². The van der Waals surface area contributed by atoms with Gasteiger partial charge in [0.05, 0.1) is 0 Å². The highest BCUT2D eigenvalue weighted by Crippen LogP contribution is 2.25. The highest BCUT2D eigenvalue weighted by Gasteiger charge is 2.22. The number of nitrogens with zero attached hydrogens (tertiary/aromatic N) is 1. The van der Waals surface area contributed by atoms with Crippen molar-refractivity contribution in [1.82, 2.24) is 5.32 Å². The summed E-state index contributed by atoms with van der Waals surface area (Å²) in [6.45, 7) is 9.96. The van der Waals surface area contributed by atoms with Crippen LogP contribution in [0.25, 0.3) is 0 Å². The Hall–Kier alpha value is -0.730. The summed E-state index contributed by atoms with van der Waals surface area (Å²) in [5.74, 6) is 0.710. The van der Waals surface area contributed by atoms with E-state index < -0.39 is 0 Å². The van der Waals surface area contributed by atoms with Crippen LogP contribution in [0.5, 0.6) is 0 Å². The van der Waals surface area contributed by atoms with E-state index in [0.717, 1.165) is 30.2 Å². The molecule has 19 heavy (non-hydrogen) atoms. The van der Waals surface area contributed by atoms with Crippen molar-refractivity contribution in [3.05, 3.63) is 28.8 Å². The largest absolute Gasteiger partial charge is 0.370 e. The van der Waals surface area contributed by atoms with Crippen LogP contribution in [-0.4, -0.2) is 25.7 Å². The van der Waals surface area contributed by atoms with Gasteiger partial charge in [-0.15, -0.1) is 0 Å². The second-order valence-corrected chi connectivity index (χ2v) is 6.09. The van der Waals surface area contributed by atoms with Crippen LogP contribution in [0.1, 0.15) is 32.3 Å². The summed E-state index contributed by atoms with van der Waals surface area (Å²) in [7, 11) is 0. The molecule has 1 aromatic carbocycles. The van der Waals surface area contributed by atoms with Crippen molar-refractivity contribution < 1.29 is 0 Å². The first kappa shape index (κ1) is 14.7. The Labute approximate surface area is 122 Å². The number of benzene rings is 1. The fourth-order valence-electron chi connectivity index (χ4n) is 2.63. The number of halogens is 1. The first-order valence-corrected chi connectivity index (χ1v) is 7.74. The van der Waals surface area contributed by atoms with E-state index in [-0.39, 0.29) is 0 Å². The van der Waals surface area contributed by atoms with Crippen molar-refractivity contribution in [3.63, 3.8) is 0 Å². The van der Waals surface area contributed by atoms with Crippen LogP contribution in [0.4, 0.5) is 5.69 Å². The molecule has 3 heteroatoms. The molecular weight excluding hydrogens is 256 g/mol. The number of anilines is 1. The van der Waals surface area contributed by atoms with Gasteiger partial charge in [-0.3, -0.25) is 0 Å². The molecule has 2 rings (SSSR count). The summed E-state index contributed by atoms with van der Waals surface area (Å²) in [5, 5.41) is 4.55. The molecule has 2 nitrogen and oxygen atoms in total. The number of rotatable bonds is 3. The topological polar surface area (TPSA) is 15.3 Å². The minimum absolute atomic E-state index is 0.576. The van der Waals surface area contributed by atoms with Crippen LogP contribution >= 0.6 is 11.6 Å². The quantitative estimate of drug-likeness (QED) is 0.904. The zero-order valence-electron chi connectivity index (χ0n) is 12.2. The number of aryl methyl sites for hydroxylation is 1. The number of nitrogens with one attached hydrogen (secondary N) is 1. The third-order valence-corrected chi connectivity index (χ3v) is 4.69. The van der Waals surface area contributed by atoms with Gasteiger partial charge in [0.1, 0.15) is 0 Å². The van der Waals surface area contributed by atoms with Gasteiger partial charge in [-0.1, -0.05) is 37.9 Å². The highest BCUT2D eigenvalue weighted by molar-refractivity contribution is 6.31. The lowest BCUT2D eigenvalue weighted by atomic mass is 9.99. The predicted octanol–water partition coefficient (Wildman–Crippen LogP) is 3.86. The summed E-state index contributed by atoms with van der Waals surface area (Å²) in [5.41, 5.74) is 2.41. The van der Waals surface area contributed by atoms with Gasteiger partial charge >= 0.3 is 0 Å². The third-order valence-electron chi connectivity index (χ3n) is 4.28. The molecule has 0 amide bonds. The molecule has 1 aliphatic rings. The van der Waals surface area contributed by atoms with Crippen molar-refractivity contribution in [2.45, 2.75) is 39.7 Å². The van der Waals surface area contributed by atoms with Gasteiger partial charge in [0.2, 0.25) is 0 Å². The Morgan fingerprint density at radius 2 is 2.26 bits per heavy atom. The Morgan fingerprint density at radius 3 is 2.95 bits per heavy atom. The van der Waals surface area contributed by atoms with E-state index in [1.807, 2.05) is 0 Å². The van der Waals surface area contributed by atoms with Gasteiger partial charge in [-0.2, -0.15) is 0 Å². The maximum Gasteiger partial charge on any atom is 0.0455 e. The predicted molar refractivity (Wildman–Crippen MR) is 84.3 cm³/mol. The Balaban J connectivity index is 2.15. The maximum absolute atomic E-state index is 6.26. The molecule has 0 saturated carbocycles.